The summed E-state index contributed by atoms with van der Waals surface area (Å²) >= 11 is 0. The molecule has 0 amide bonds. The fraction of sp³-hybridized carbons (Fsp3) is 0.294. The second kappa shape index (κ2) is 7.09. The normalized spacial score (nSPS) is 12.0. The second-order valence-electron chi connectivity index (χ2n) is 4.84. The molecule has 0 aliphatic rings. The molecule has 0 fully saturated rings. The molecule has 0 aromatic heterocycles. The third-order valence-electron chi connectivity index (χ3n) is 3.39. The molecular weight excluding hydrogens is 269 g/mol. The smallest absolute Gasteiger partial charge is 0.126 e. The molecule has 0 spiro atoms. The maximum absolute atomic E-state index is 13.2. The third kappa shape index (κ3) is 3.95. The van der Waals surface area contributed by atoms with Gasteiger partial charge in [-0.2, -0.15) is 0 Å². The van der Waals surface area contributed by atoms with Gasteiger partial charge in [-0.25, -0.2) is 4.39 Å². The first kappa shape index (κ1) is 15.3. The van der Waals surface area contributed by atoms with Gasteiger partial charge in [0.1, 0.15) is 23.9 Å². The molecule has 2 aromatic rings. The molecule has 3 nitrogen and oxygen atoms in total. The zero-order valence-corrected chi connectivity index (χ0v) is 12.5. The van der Waals surface area contributed by atoms with Crippen LogP contribution in [-0.2, 0) is 0 Å². The van der Waals surface area contributed by atoms with Crippen molar-refractivity contribution in [3.05, 3.63) is 59.4 Å². The Morgan fingerprint density at radius 2 is 1.95 bits per heavy atom. The molecule has 1 unspecified atom stereocenters. The van der Waals surface area contributed by atoms with Crippen LogP contribution in [-0.4, -0.2) is 20.8 Å². The number of rotatable bonds is 6. The fourth-order valence-electron chi connectivity index (χ4n) is 2.09. The van der Waals surface area contributed by atoms with Gasteiger partial charge in [0, 0.05) is 0 Å². The maximum Gasteiger partial charge on any atom is 0.126 e. The number of hydrogen-bond donors (Lipinski definition) is 1. The first-order valence-electron chi connectivity index (χ1n) is 6.84. The SMILES string of the molecule is CNC(COc1ccc(F)c(C)c1)c1cccc(OC)c1. The van der Waals surface area contributed by atoms with E-state index in [9.17, 15) is 4.39 Å². The minimum absolute atomic E-state index is 0.0328. The fourth-order valence-corrected chi connectivity index (χ4v) is 2.09. The van der Waals surface area contributed by atoms with E-state index in [0.29, 0.717) is 17.9 Å². The molecule has 0 aliphatic carbocycles. The predicted molar refractivity (Wildman–Crippen MR) is 81.4 cm³/mol. The molecule has 0 aliphatic heterocycles. The van der Waals surface area contributed by atoms with Crippen LogP contribution in [0.15, 0.2) is 42.5 Å². The van der Waals surface area contributed by atoms with Crippen LogP contribution in [0.4, 0.5) is 4.39 Å². The van der Waals surface area contributed by atoms with E-state index in [4.69, 9.17) is 9.47 Å². The summed E-state index contributed by atoms with van der Waals surface area (Å²) in [5.41, 5.74) is 1.66. The maximum atomic E-state index is 13.2. The Kier molecular flexibility index (Phi) is 5.17. The summed E-state index contributed by atoms with van der Waals surface area (Å²) in [5, 5.41) is 3.21. The lowest BCUT2D eigenvalue weighted by atomic mass is 10.1. The van der Waals surface area contributed by atoms with Crippen LogP contribution >= 0.6 is 0 Å². The van der Waals surface area contributed by atoms with Crippen LogP contribution < -0.4 is 14.8 Å². The highest BCUT2D eigenvalue weighted by Gasteiger charge is 2.11. The van der Waals surface area contributed by atoms with E-state index in [1.807, 2.05) is 31.3 Å². The summed E-state index contributed by atoms with van der Waals surface area (Å²) in [5.74, 6) is 1.25. The van der Waals surface area contributed by atoms with Crippen molar-refractivity contribution < 1.29 is 13.9 Å². The second-order valence-corrected chi connectivity index (χ2v) is 4.84. The first-order valence-corrected chi connectivity index (χ1v) is 6.84. The van der Waals surface area contributed by atoms with Crippen LogP contribution in [0.25, 0.3) is 0 Å². The van der Waals surface area contributed by atoms with Gasteiger partial charge in [0.15, 0.2) is 0 Å². The van der Waals surface area contributed by atoms with Crippen molar-refractivity contribution in [1.29, 1.82) is 0 Å². The lowest BCUT2D eigenvalue weighted by Gasteiger charge is -2.18. The number of aryl methyl sites for hydroxylation is 1. The van der Waals surface area contributed by atoms with Gasteiger partial charge in [-0.3, -0.25) is 0 Å². The Hall–Kier alpha value is -2.07. The lowest BCUT2D eigenvalue weighted by Crippen LogP contribution is -2.23. The lowest BCUT2D eigenvalue weighted by molar-refractivity contribution is 0.272. The van der Waals surface area contributed by atoms with E-state index in [1.54, 1.807) is 26.2 Å². The molecule has 0 saturated heterocycles. The van der Waals surface area contributed by atoms with Crippen molar-refractivity contribution in [3.63, 3.8) is 0 Å². The van der Waals surface area contributed by atoms with Crippen molar-refractivity contribution in [2.45, 2.75) is 13.0 Å². The topological polar surface area (TPSA) is 30.5 Å². The summed E-state index contributed by atoms with van der Waals surface area (Å²) in [7, 11) is 3.52. The van der Waals surface area contributed by atoms with E-state index in [-0.39, 0.29) is 11.9 Å². The molecule has 1 N–H and O–H groups in total. The first-order chi connectivity index (χ1) is 10.1. The summed E-state index contributed by atoms with van der Waals surface area (Å²) < 4.78 is 24.2. The number of halogens is 1. The molecular formula is C17H20FNO2. The van der Waals surface area contributed by atoms with Crippen LogP contribution in [0.1, 0.15) is 17.2 Å². The highest BCUT2D eigenvalue weighted by atomic mass is 19.1. The minimum Gasteiger partial charge on any atom is -0.497 e. The van der Waals surface area contributed by atoms with E-state index in [2.05, 4.69) is 5.32 Å². The van der Waals surface area contributed by atoms with Crippen molar-refractivity contribution in [3.8, 4) is 11.5 Å². The Balaban J connectivity index is 2.06. The molecule has 2 aromatic carbocycles. The highest BCUT2D eigenvalue weighted by Crippen LogP contribution is 2.21. The average Bonchev–Trinajstić information content (AvgIpc) is 2.51. The van der Waals surface area contributed by atoms with Gasteiger partial charge in [-0.15, -0.1) is 0 Å². The van der Waals surface area contributed by atoms with Gasteiger partial charge in [0.2, 0.25) is 0 Å². The zero-order chi connectivity index (χ0) is 15.2. The molecule has 0 heterocycles. The van der Waals surface area contributed by atoms with Crippen LogP contribution in [0.2, 0.25) is 0 Å². The van der Waals surface area contributed by atoms with Gasteiger partial charge in [0.05, 0.1) is 13.2 Å². The van der Waals surface area contributed by atoms with Gasteiger partial charge >= 0.3 is 0 Å². The molecule has 0 bridgehead atoms. The molecule has 112 valence electrons. The van der Waals surface area contributed by atoms with Crippen molar-refractivity contribution in [1.82, 2.24) is 5.32 Å². The molecule has 1 atom stereocenters. The average molecular weight is 289 g/mol. The number of ether oxygens (including phenoxy) is 2. The summed E-state index contributed by atoms with van der Waals surface area (Å²) in [6, 6.07) is 12.6. The van der Waals surface area contributed by atoms with Gasteiger partial charge in [-0.05, 0) is 55.4 Å². The number of methoxy groups -OCH3 is 1. The molecule has 2 rings (SSSR count). The number of nitrogens with one attached hydrogen (secondary N) is 1. The Labute approximate surface area is 124 Å². The highest BCUT2D eigenvalue weighted by molar-refractivity contribution is 5.31. The summed E-state index contributed by atoms with van der Waals surface area (Å²) in [6.45, 7) is 2.18. The quantitative estimate of drug-likeness (QED) is 0.883. The monoisotopic (exact) mass is 289 g/mol. The standard InChI is InChI=1S/C17H20FNO2/c1-12-9-15(7-8-16(12)18)21-11-17(19-2)13-5-4-6-14(10-13)20-3/h4-10,17,19H,11H2,1-3H3. The number of hydrogen-bond acceptors (Lipinski definition) is 3. The van der Waals surface area contributed by atoms with E-state index in [1.165, 1.54) is 6.07 Å². The van der Waals surface area contributed by atoms with Crippen molar-refractivity contribution >= 4 is 0 Å². The van der Waals surface area contributed by atoms with Crippen LogP contribution in [0.5, 0.6) is 11.5 Å². The zero-order valence-electron chi connectivity index (χ0n) is 12.5. The molecule has 0 saturated carbocycles. The van der Waals surface area contributed by atoms with Gasteiger partial charge in [0.25, 0.3) is 0 Å². The van der Waals surface area contributed by atoms with Crippen LogP contribution in [0, 0.1) is 12.7 Å². The minimum atomic E-state index is -0.222. The van der Waals surface area contributed by atoms with Crippen molar-refractivity contribution in [2.75, 3.05) is 20.8 Å². The van der Waals surface area contributed by atoms with Gasteiger partial charge < -0.3 is 14.8 Å². The predicted octanol–water partition coefficient (Wildman–Crippen LogP) is 3.48. The largest absolute Gasteiger partial charge is 0.497 e. The summed E-state index contributed by atoms with van der Waals surface area (Å²) in [4.78, 5) is 0. The molecule has 4 heteroatoms. The Morgan fingerprint density at radius 1 is 1.14 bits per heavy atom. The molecule has 0 radical (unpaired) electrons. The van der Waals surface area contributed by atoms with Crippen molar-refractivity contribution in [2.24, 2.45) is 0 Å². The Morgan fingerprint density at radius 3 is 2.62 bits per heavy atom. The van der Waals surface area contributed by atoms with E-state index >= 15 is 0 Å². The molecule has 21 heavy (non-hydrogen) atoms. The number of likely N-dealkylation sites (N-methyl/N-ethyl adjacent to an activating group) is 1. The third-order valence-corrected chi connectivity index (χ3v) is 3.39. The summed E-state index contributed by atoms with van der Waals surface area (Å²) in [6.07, 6.45) is 0. The number of benzene rings is 2. The van der Waals surface area contributed by atoms with Crippen LogP contribution in [0.3, 0.4) is 0 Å². The van der Waals surface area contributed by atoms with E-state index in [0.717, 1.165) is 11.3 Å². The Bertz CT molecular complexity index is 601. The van der Waals surface area contributed by atoms with E-state index < -0.39 is 0 Å². The van der Waals surface area contributed by atoms with Gasteiger partial charge in [-0.1, -0.05) is 12.1 Å².